The van der Waals surface area contributed by atoms with Gasteiger partial charge in [0.2, 0.25) is 10.0 Å². The molecule has 0 saturated carbocycles. The third-order valence-corrected chi connectivity index (χ3v) is 3.28. The van der Waals surface area contributed by atoms with Crippen LogP contribution >= 0.6 is 0 Å². The molecule has 10 heteroatoms. The number of hydrogen-bond donors (Lipinski definition) is 2. The standard InChI is InChI=1S/C8H9F4N3O2S/c9-7(10)8(11,12)4-15-18(16,17)5-1-2-14-6(13)3-5/h1-3,7,15H,4H2,(H2,13,14). The number of nitrogens with two attached hydrogens (primary N) is 1. The molecule has 0 bridgehead atoms. The summed E-state index contributed by atoms with van der Waals surface area (Å²) in [5.41, 5.74) is 5.21. The fraction of sp³-hybridized carbons (Fsp3) is 0.375. The number of nitrogens with zero attached hydrogens (tertiary/aromatic N) is 1. The lowest BCUT2D eigenvalue weighted by molar-refractivity contribution is -0.122. The van der Waals surface area contributed by atoms with Crippen LogP contribution in [0.1, 0.15) is 0 Å². The Hall–Kier alpha value is -1.42. The highest BCUT2D eigenvalue weighted by Crippen LogP contribution is 2.22. The van der Waals surface area contributed by atoms with Crippen molar-refractivity contribution in [1.29, 1.82) is 0 Å². The van der Waals surface area contributed by atoms with Crippen LogP contribution in [-0.4, -0.2) is 32.3 Å². The number of hydrogen-bond acceptors (Lipinski definition) is 4. The van der Waals surface area contributed by atoms with Gasteiger partial charge in [0.15, 0.2) is 0 Å². The normalized spacial score (nSPS) is 12.9. The summed E-state index contributed by atoms with van der Waals surface area (Å²) in [4.78, 5) is 3.08. The quantitative estimate of drug-likeness (QED) is 0.786. The molecule has 0 fully saturated rings. The van der Waals surface area contributed by atoms with E-state index in [1.807, 2.05) is 0 Å². The molecule has 1 aromatic heterocycles. The zero-order chi connectivity index (χ0) is 14.0. The topological polar surface area (TPSA) is 85.1 Å². The zero-order valence-corrected chi connectivity index (χ0v) is 9.59. The maximum Gasteiger partial charge on any atom is 0.320 e. The van der Waals surface area contributed by atoms with Gasteiger partial charge in [-0.2, -0.15) is 8.78 Å². The fourth-order valence-corrected chi connectivity index (χ4v) is 2.01. The fourth-order valence-electron chi connectivity index (χ4n) is 0.947. The second kappa shape index (κ2) is 5.06. The summed E-state index contributed by atoms with van der Waals surface area (Å²) >= 11 is 0. The van der Waals surface area contributed by atoms with Crippen LogP contribution in [0.25, 0.3) is 0 Å². The van der Waals surface area contributed by atoms with Crippen molar-refractivity contribution in [3.63, 3.8) is 0 Å². The molecule has 3 N–H and O–H groups in total. The van der Waals surface area contributed by atoms with Crippen molar-refractivity contribution in [2.75, 3.05) is 12.3 Å². The number of aromatic nitrogens is 1. The van der Waals surface area contributed by atoms with Gasteiger partial charge < -0.3 is 5.73 Å². The van der Waals surface area contributed by atoms with E-state index in [1.54, 1.807) is 0 Å². The Labute approximate surface area is 100 Å². The second-order valence-corrected chi connectivity index (χ2v) is 5.07. The smallest absolute Gasteiger partial charge is 0.320 e. The van der Waals surface area contributed by atoms with Crippen molar-refractivity contribution in [3.05, 3.63) is 18.3 Å². The average molecular weight is 287 g/mol. The zero-order valence-electron chi connectivity index (χ0n) is 8.78. The van der Waals surface area contributed by atoms with E-state index in [9.17, 15) is 26.0 Å². The van der Waals surface area contributed by atoms with E-state index in [4.69, 9.17) is 5.73 Å². The first kappa shape index (κ1) is 14.6. The molecule has 0 radical (unpaired) electrons. The van der Waals surface area contributed by atoms with E-state index in [1.165, 1.54) is 4.72 Å². The summed E-state index contributed by atoms with van der Waals surface area (Å²) in [5, 5.41) is 0. The number of rotatable bonds is 5. The van der Waals surface area contributed by atoms with Crippen molar-refractivity contribution < 1.29 is 26.0 Å². The van der Waals surface area contributed by atoms with E-state index in [0.717, 1.165) is 18.3 Å². The molecule has 0 unspecified atom stereocenters. The van der Waals surface area contributed by atoms with E-state index >= 15 is 0 Å². The molecule has 0 amide bonds. The molecule has 1 aromatic rings. The van der Waals surface area contributed by atoms with Crippen LogP contribution in [0.2, 0.25) is 0 Å². The van der Waals surface area contributed by atoms with E-state index in [-0.39, 0.29) is 5.82 Å². The molecule has 1 rings (SSSR count). The molecule has 102 valence electrons. The van der Waals surface area contributed by atoms with Gasteiger partial charge in [0.1, 0.15) is 5.82 Å². The second-order valence-electron chi connectivity index (χ2n) is 3.30. The third kappa shape index (κ3) is 3.53. The van der Waals surface area contributed by atoms with Gasteiger partial charge in [-0.15, -0.1) is 0 Å². The van der Waals surface area contributed by atoms with Crippen molar-refractivity contribution in [3.8, 4) is 0 Å². The molecule has 18 heavy (non-hydrogen) atoms. The average Bonchev–Trinajstić information content (AvgIpc) is 2.26. The van der Waals surface area contributed by atoms with Gasteiger partial charge in [-0.05, 0) is 6.07 Å². The number of pyridine rings is 1. The molecule has 0 spiro atoms. The highest BCUT2D eigenvalue weighted by Gasteiger charge is 2.41. The summed E-state index contributed by atoms with van der Waals surface area (Å²) in [5.74, 6) is -4.58. The minimum absolute atomic E-state index is 0.140. The predicted octanol–water partition coefficient (Wildman–Crippen LogP) is 0.842. The number of alkyl halides is 4. The molecule has 0 saturated heterocycles. The Morgan fingerprint density at radius 2 is 2.06 bits per heavy atom. The molecular weight excluding hydrogens is 278 g/mol. The highest BCUT2D eigenvalue weighted by molar-refractivity contribution is 7.89. The summed E-state index contributed by atoms with van der Waals surface area (Å²) in [6.07, 6.45) is -2.91. The number of sulfonamides is 1. The lowest BCUT2D eigenvalue weighted by Gasteiger charge is -2.15. The van der Waals surface area contributed by atoms with E-state index in [0.29, 0.717) is 0 Å². The molecule has 0 aliphatic rings. The number of halogens is 4. The minimum Gasteiger partial charge on any atom is -0.384 e. The lowest BCUT2D eigenvalue weighted by Crippen LogP contribution is -2.41. The molecule has 0 aliphatic carbocycles. The van der Waals surface area contributed by atoms with Crippen LogP contribution in [0.5, 0.6) is 0 Å². The van der Waals surface area contributed by atoms with Gasteiger partial charge in [0, 0.05) is 12.3 Å². The summed E-state index contributed by atoms with van der Waals surface area (Å²) in [7, 11) is -4.33. The molecular formula is C8H9F4N3O2S. The van der Waals surface area contributed by atoms with Crippen LogP contribution < -0.4 is 10.5 Å². The Balaban J connectivity index is 2.84. The molecule has 0 atom stereocenters. The monoisotopic (exact) mass is 287 g/mol. The van der Waals surface area contributed by atoms with E-state index < -0.39 is 33.8 Å². The Morgan fingerprint density at radius 1 is 1.44 bits per heavy atom. The van der Waals surface area contributed by atoms with Crippen LogP contribution in [0.15, 0.2) is 23.2 Å². The first-order chi connectivity index (χ1) is 8.15. The minimum atomic E-state index is -4.44. The number of nitrogen functional groups attached to an aromatic ring is 1. The maximum absolute atomic E-state index is 12.6. The van der Waals surface area contributed by atoms with Crippen LogP contribution in [0, 0.1) is 0 Å². The number of nitrogens with one attached hydrogen (secondary N) is 1. The van der Waals surface area contributed by atoms with Crippen molar-refractivity contribution >= 4 is 15.8 Å². The predicted molar refractivity (Wildman–Crippen MR) is 54.8 cm³/mol. The third-order valence-electron chi connectivity index (χ3n) is 1.88. The Kier molecular flexibility index (Phi) is 4.12. The SMILES string of the molecule is Nc1cc(S(=O)(=O)NCC(F)(F)C(F)F)ccn1. The summed E-state index contributed by atoms with van der Waals surface area (Å²) < 4.78 is 73.1. The van der Waals surface area contributed by atoms with E-state index in [2.05, 4.69) is 4.98 Å². The first-order valence-electron chi connectivity index (χ1n) is 4.52. The summed E-state index contributed by atoms with van der Waals surface area (Å²) in [6, 6.07) is 1.92. The van der Waals surface area contributed by atoms with Gasteiger partial charge in [0.25, 0.3) is 0 Å². The Morgan fingerprint density at radius 3 is 2.56 bits per heavy atom. The molecule has 0 aromatic carbocycles. The molecule has 5 nitrogen and oxygen atoms in total. The molecule has 0 aliphatic heterocycles. The van der Waals surface area contributed by atoms with Crippen molar-refractivity contribution in [2.24, 2.45) is 0 Å². The van der Waals surface area contributed by atoms with Gasteiger partial charge >= 0.3 is 12.3 Å². The number of anilines is 1. The first-order valence-corrected chi connectivity index (χ1v) is 6.00. The Bertz CT molecular complexity index is 521. The van der Waals surface area contributed by atoms with Gasteiger partial charge in [-0.25, -0.2) is 26.9 Å². The van der Waals surface area contributed by atoms with Crippen LogP contribution in [0.3, 0.4) is 0 Å². The summed E-state index contributed by atoms with van der Waals surface area (Å²) in [6.45, 7) is -1.70. The van der Waals surface area contributed by atoms with Crippen molar-refractivity contribution in [2.45, 2.75) is 17.2 Å². The lowest BCUT2D eigenvalue weighted by atomic mass is 10.4. The van der Waals surface area contributed by atoms with Crippen molar-refractivity contribution in [1.82, 2.24) is 9.71 Å². The van der Waals surface area contributed by atoms with Crippen LogP contribution in [0.4, 0.5) is 23.4 Å². The van der Waals surface area contributed by atoms with Gasteiger partial charge in [-0.3, -0.25) is 0 Å². The highest BCUT2D eigenvalue weighted by atomic mass is 32.2. The molecule has 1 heterocycles. The van der Waals surface area contributed by atoms with Crippen LogP contribution in [-0.2, 0) is 10.0 Å². The maximum atomic E-state index is 12.6. The van der Waals surface area contributed by atoms with Gasteiger partial charge in [-0.1, -0.05) is 0 Å². The largest absolute Gasteiger partial charge is 0.384 e. The van der Waals surface area contributed by atoms with Gasteiger partial charge in [0.05, 0.1) is 11.4 Å².